The van der Waals surface area contributed by atoms with Crippen LogP contribution in [0.4, 0.5) is 5.69 Å². The van der Waals surface area contributed by atoms with Gasteiger partial charge in [0.25, 0.3) is 11.8 Å². The second kappa shape index (κ2) is 8.82. The minimum Gasteiger partial charge on any atom is -0.497 e. The van der Waals surface area contributed by atoms with E-state index in [-0.39, 0.29) is 23.2 Å². The molecule has 0 saturated carbocycles. The van der Waals surface area contributed by atoms with Crippen molar-refractivity contribution in [3.05, 3.63) is 53.9 Å². The number of nitrogens with zero attached hydrogens (tertiary/aromatic N) is 2. The lowest BCUT2D eigenvalue weighted by molar-refractivity contribution is 0.0787. The normalized spacial score (nSPS) is 10.2. The van der Waals surface area contributed by atoms with Gasteiger partial charge >= 0.3 is 0 Å². The molecule has 0 aliphatic rings. The molecule has 0 saturated heterocycles. The van der Waals surface area contributed by atoms with Crippen LogP contribution in [-0.4, -0.2) is 42.4 Å². The summed E-state index contributed by atoms with van der Waals surface area (Å²) in [4.78, 5) is 30.6. The predicted octanol–water partition coefficient (Wildman–Crippen LogP) is 3.21. The maximum Gasteiger partial charge on any atom is 0.274 e. The molecule has 0 radical (unpaired) electrons. The van der Waals surface area contributed by atoms with Crippen molar-refractivity contribution >= 4 is 17.5 Å². The van der Waals surface area contributed by atoms with Crippen LogP contribution >= 0.6 is 0 Å². The topological polar surface area (TPSA) is 71.5 Å². The first kappa shape index (κ1) is 18.4. The highest BCUT2D eigenvalue weighted by Gasteiger charge is 2.15. The Morgan fingerprint density at radius 1 is 1.12 bits per heavy atom. The van der Waals surface area contributed by atoms with Gasteiger partial charge in [0.05, 0.1) is 7.11 Å². The van der Waals surface area contributed by atoms with E-state index in [1.807, 2.05) is 0 Å². The van der Waals surface area contributed by atoms with Gasteiger partial charge in [-0.05, 0) is 42.8 Å². The number of nitrogens with one attached hydrogen (secondary N) is 1. The zero-order chi connectivity index (χ0) is 18.2. The summed E-state index contributed by atoms with van der Waals surface area (Å²) in [6.45, 7) is 2.74. The van der Waals surface area contributed by atoms with Crippen LogP contribution in [0, 0.1) is 0 Å². The highest BCUT2D eigenvalue weighted by atomic mass is 16.5. The number of carbonyl (C=O) groups is 2. The SMILES string of the molecule is CCCCN(C)C(=O)c1cccc(C(=O)Nc2ccc(OC)cc2)n1. The first-order valence-corrected chi connectivity index (χ1v) is 8.23. The summed E-state index contributed by atoms with van der Waals surface area (Å²) in [5.74, 6) is 0.155. The maximum atomic E-state index is 12.4. The number of hydrogen-bond acceptors (Lipinski definition) is 4. The van der Waals surface area contributed by atoms with Gasteiger partial charge in [0.1, 0.15) is 17.1 Å². The Morgan fingerprint density at radius 3 is 2.44 bits per heavy atom. The molecule has 0 unspecified atom stereocenters. The van der Waals surface area contributed by atoms with Crippen LogP contribution in [0.5, 0.6) is 5.75 Å². The number of aromatic nitrogens is 1. The summed E-state index contributed by atoms with van der Waals surface area (Å²) >= 11 is 0. The predicted molar refractivity (Wildman–Crippen MR) is 97.1 cm³/mol. The number of anilines is 1. The third-order valence-corrected chi connectivity index (χ3v) is 3.74. The number of hydrogen-bond donors (Lipinski definition) is 1. The third kappa shape index (κ3) is 5.04. The van der Waals surface area contributed by atoms with Crippen molar-refractivity contribution in [1.82, 2.24) is 9.88 Å². The van der Waals surface area contributed by atoms with Gasteiger partial charge in [0, 0.05) is 19.3 Å². The number of carbonyl (C=O) groups excluding carboxylic acids is 2. The Bertz CT molecular complexity index is 729. The van der Waals surface area contributed by atoms with E-state index in [0.29, 0.717) is 18.0 Å². The fourth-order valence-electron chi connectivity index (χ4n) is 2.24. The van der Waals surface area contributed by atoms with Crippen LogP contribution in [0.1, 0.15) is 40.7 Å². The Morgan fingerprint density at radius 2 is 1.80 bits per heavy atom. The quantitative estimate of drug-likeness (QED) is 0.839. The van der Waals surface area contributed by atoms with Crippen LogP contribution in [0.3, 0.4) is 0 Å². The molecule has 0 spiro atoms. The average molecular weight is 341 g/mol. The number of ether oxygens (including phenoxy) is 1. The van der Waals surface area contributed by atoms with Gasteiger partial charge in [-0.2, -0.15) is 0 Å². The first-order chi connectivity index (χ1) is 12.0. The second-order valence-electron chi connectivity index (χ2n) is 5.67. The molecule has 2 aromatic rings. The zero-order valence-electron chi connectivity index (χ0n) is 14.8. The van der Waals surface area contributed by atoms with Crippen molar-refractivity contribution in [3.8, 4) is 5.75 Å². The lowest BCUT2D eigenvalue weighted by Crippen LogP contribution is -2.29. The molecule has 1 aromatic heterocycles. The maximum absolute atomic E-state index is 12.4. The molecule has 6 nitrogen and oxygen atoms in total. The van der Waals surface area contributed by atoms with Gasteiger partial charge in [-0.3, -0.25) is 9.59 Å². The largest absolute Gasteiger partial charge is 0.497 e. The number of benzene rings is 1. The van der Waals surface area contributed by atoms with Crippen molar-refractivity contribution in [2.24, 2.45) is 0 Å². The standard InChI is InChI=1S/C19H23N3O3/c1-4-5-13-22(2)19(24)17-8-6-7-16(21-17)18(23)20-14-9-11-15(25-3)12-10-14/h6-12H,4-5,13H2,1-3H3,(H,20,23). The smallest absolute Gasteiger partial charge is 0.274 e. The molecule has 1 N–H and O–H groups in total. The fourth-order valence-corrected chi connectivity index (χ4v) is 2.24. The highest BCUT2D eigenvalue weighted by molar-refractivity contribution is 6.03. The summed E-state index contributed by atoms with van der Waals surface area (Å²) in [6.07, 6.45) is 1.94. The molecule has 0 fully saturated rings. The number of pyridine rings is 1. The lowest BCUT2D eigenvalue weighted by atomic mass is 10.2. The third-order valence-electron chi connectivity index (χ3n) is 3.74. The summed E-state index contributed by atoms with van der Waals surface area (Å²) in [6, 6.07) is 11.9. The molecule has 2 amide bonds. The molecule has 6 heteroatoms. The van der Waals surface area contributed by atoms with Gasteiger partial charge in [-0.15, -0.1) is 0 Å². The molecular weight excluding hydrogens is 318 g/mol. The van der Waals surface area contributed by atoms with Crippen molar-refractivity contribution < 1.29 is 14.3 Å². The van der Waals surface area contributed by atoms with E-state index < -0.39 is 0 Å². The van der Waals surface area contributed by atoms with Crippen LogP contribution in [-0.2, 0) is 0 Å². The van der Waals surface area contributed by atoms with Crippen molar-refractivity contribution in [3.63, 3.8) is 0 Å². The lowest BCUT2D eigenvalue weighted by Gasteiger charge is -2.16. The summed E-state index contributed by atoms with van der Waals surface area (Å²) in [5, 5.41) is 2.76. The summed E-state index contributed by atoms with van der Waals surface area (Å²) in [5.41, 5.74) is 1.09. The Hall–Kier alpha value is -2.89. The molecule has 0 aliphatic heterocycles. The highest BCUT2D eigenvalue weighted by Crippen LogP contribution is 2.15. The fraction of sp³-hybridized carbons (Fsp3) is 0.316. The number of methoxy groups -OCH3 is 1. The first-order valence-electron chi connectivity index (χ1n) is 8.23. The Balaban J connectivity index is 2.08. The zero-order valence-corrected chi connectivity index (χ0v) is 14.8. The molecule has 1 heterocycles. The Labute approximate surface area is 147 Å². The van der Waals surface area contributed by atoms with Crippen LogP contribution in [0.15, 0.2) is 42.5 Å². The van der Waals surface area contributed by atoms with Crippen molar-refractivity contribution in [2.45, 2.75) is 19.8 Å². The van der Waals surface area contributed by atoms with E-state index in [1.54, 1.807) is 61.5 Å². The number of unbranched alkanes of at least 4 members (excludes halogenated alkanes) is 1. The van der Waals surface area contributed by atoms with Gasteiger partial charge < -0.3 is 15.0 Å². The van der Waals surface area contributed by atoms with Crippen molar-refractivity contribution in [2.75, 3.05) is 26.0 Å². The van der Waals surface area contributed by atoms with Crippen molar-refractivity contribution in [1.29, 1.82) is 0 Å². The van der Waals surface area contributed by atoms with E-state index in [1.165, 1.54) is 0 Å². The number of amides is 2. The van der Waals surface area contributed by atoms with E-state index in [2.05, 4.69) is 17.2 Å². The molecule has 0 bridgehead atoms. The van der Waals surface area contributed by atoms with E-state index >= 15 is 0 Å². The van der Waals surface area contributed by atoms with Crippen LogP contribution < -0.4 is 10.1 Å². The Kier molecular flexibility index (Phi) is 6.51. The van der Waals surface area contributed by atoms with Gasteiger partial charge in [-0.1, -0.05) is 19.4 Å². The van der Waals surface area contributed by atoms with E-state index in [9.17, 15) is 9.59 Å². The summed E-state index contributed by atoms with van der Waals surface area (Å²) < 4.78 is 5.08. The second-order valence-corrected chi connectivity index (χ2v) is 5.67. The average Bonchev–Trinajstić information content (AvgIpc) is 2.66. The molecule has 0 aliphatic carbocycles. The number of rotatable bonds is 7. The van der Waals surface area contributed by atoms with Gasteiger partial charge in [-0.25, -0.2) is 4.98 Å². The minimum absolute atomic E-state index is 0.187. The summed E-state index contributed by atoms with van der Waals surface area (Å²) in [7, 11) is 3.32. The molecule has 2 rings (SSSR count). The van der Waals surface area contributed by atoms with Gasteiger partial charge in [0.15, 0.2) is 0 Å². The molecular formula is C19H23N3O3. The molecule has 132 valence electrons. The molecule has 25 heavy (non-hydrogen) atoms. The van der Waals surface area contributed by atoms with Crippen LogP contribution in [0.25, 0.3) is 0 Å². The minimum atomic E-state index is -0.365. The molecule has 1 aromatic carbocycles. The monoisotopic (exact) mass is 341 g/mol. The molecule has 0 atom stereocenters. The van der Waals surface area contributed by atoms with E-state index in [4.69, 9.17) is 4.74 Å². The van der Waals surface area contributed by atoms with Gasteiger partial charge in [0.2, 0.25) is 0 Å². The van der Waals surface area contributed by atoms with Crippen LogP contribution in [0.2, 0.25) is 0 Å². The van der Waals surface area contributed by atoms with E-state index in [0.717, 1.165) is 12.8 Å².